The summed E-state index contributed by atoms with van der Waals surface area (Å²) in [5.41, 5.74) is 2.33. The van der Waals surface area contributed by atoms with Crippen molar-refractivity contribution in [2.75, 3.05) is 19.8 Å². The number of nitrogens with one attached hydrogen (secondary N) is 1. The summed E-state index contributed by atoms with van der Waals surface area (Å²) in [4.78, 5) is 27.1. The van der Waals surface area contributed by atoms with Crippen molar-refractivity contribution >= 4 is 35.0 Å². The monoisotopic (exact) mass is 476 g/mol. The second kappa shape index (κ2) is 10.1. The van der Waals surface area contributed by atoms with Gasteiger partial charge in [0.1, 0.15) is 11.9 Å². The van der Waals surface area contributed by atoms with E-state index in [0.29, 0.717) is 43.3 Å². The highest BCUT2D eigenvalue weighted by atomic mass is 35.5. The number of benzene rings is 2. The Morgan fingerprint density at radius 3 is 2.59 bits per heavy atom. The lowest BCUT2D eigenvalue weighted by molar-refractivity contribution is -0.149. The Morgan fingerprint density at radius 1 is 1.12 bits per heavy atom. The van der Waals surface area contributed by atoms with Gasteiger partial charge in [-0.05, 0) is 66.3 Å². The summed E-state index contributed by atoms with van der Waals surface area (Å²) in [7, 11) is 0. The average Bonchev–Trinajstić information content (AvgIpc) is 2.79. The molecule has 2 aromatic carbocycles. The molecule has 2 aromatic rings. The Labute approximate surface area is 197 Å². The first kappa shape index (κ1) is 22.9. The predicted octanol–water partition coefficient (Wildman–Crippen LogP) is 4.18. The number of hydrogen-bond acceptors (Lipinski definition) is 4. The number of carbonyl (C=O) groups excluding carboxylic acids is 2. The van der Waals surface area contributed by atoms with Gasteiger partial charge in [-0.2, -0.15) is 0 Å². The maximum absolute atomic E-state index is 13.0. The Kier molecular flexibility index (Phi) is 7.23. The fourth-order valence-corrected chi connectivity index (χ4v) is 4.55. The summed E-state index contributed by atoms with van der Waals surface area (Å²) in [5.74, 6) is 0.583. The van der Waals surface area contributed by atoms with Crippen LogP contribution < -0.4 is 10.1 Å². The van der Waals surface area contributed by atoms with Crippen LogP contribution in [0, 0.1) is 0 Å². The number of rotatable bonds is 5. The molecule has 3 atom stereocenters. The SMILES string of the molecule is C[C@@H]1CN(C(=O)[C@H]2CC[C@H](NC(=O)COc3ccc(Cl)cc3)CO2)Cc2ccc(Cl)cc21. The molecule has 1 N–H and O–H groups in total. The van der Waals surface area contributed by atoms with Gasteiger partial charge in [0.05, 0.1) is 12.6 Å². The normalized spacial score (nSPS) is 22.7. The van der Waals surface area contributed by atoms with Crippen LogP contribution in [0.25, 0.3) is 0 Å². The highest BCUT2D eigenvalue weighted by Gasteiger charge is 2.34. The molecule has 2 amide bonds. The van der Waals surface area contributed by atoms with E-state index < -0.39 is 6.10 Å². The lowest BCUT2D eigenvalue weighted by Crippen LogP contribution is -2.50. The minimum absolute atomic E-state index is 0.00768. The smallest absolute Gasteiger partial charge is 0.258 e. The van der Waals surface area contributed by atoms with Crippen LogP contribution in [0.2, 0.25) is 10.0 Å². The highest BCUT2D eigenvalue weighted by molar-refractivity contribution is 6.30. The molecule has 0 bridgehead atoms. The number of nitrogens with zero attached hydrogens (tertiary/aromatic N) is 1. The predicted molar refractivity (Wildman–Crippen MR) is 123 cm³/mol. The first-order valence-electron chi connectivity index (χ1n) is 10.8. The van der Waals surface area contributed by atoms with Crippen molar-refractivity contribution in [1.82, 2.24) is 10.2 Å². The summed E-state index contributed by atoms with van der Waals surface area (Å²) in [6.07, 6.45) is 0.772. The van der Waals surface area contributed by atoms with Gasteiger partial charge in [0, 0.05) is 23.1 Å². The van der Waals surface area contributed by atoms with E-state index in [0.717, 1.165) is 10.6 Å². The molecule has 6 nitrogen and oxygen atoms in total. The van der Waals surface area contributed by atoms with E-state index in [1.54, 1.807) is 24.3 Å². The molecule has 0 aromatic heterocycles. The van der Waals surface area contributed by atoms with E-state index in [4.69, 9.17) is 32.7 Å². The third-order valence-corrected chi connectivity index (χ3v) is 6.39. The molecular formula is C24H26Cl2N2O4. The van der Waals surface area contributed by atoms with Crippen LogP contribution in [0.5, 0.6) is 5.75 Å². The van der Waals surface area contributed by atoms with Crippen molar-refractivity contribution < 1.29 is 19.1 Å². The van der Waals surface area contributed by atoms with E-state index in [1.165, 1.54) is 5.56 Å². The van der Waals surface area contributed by atoms with Gasteiger partial charge in [-0.3, -0.25) is 9.59 Å². The molecule has 0 unspecified atom stereocenters. The van der Waals surface area contributed by atoms with Crippen molar-refractivity contribution in [3.63, 3.8) is 0 Å². The molecule has 8 heteroatoms. The van der Waals surface area contributed by atoms with Crippen molar-refractivity contribution in [3.8, 4) is 5.75 Å². The third-order valence-electron chi connectivity index (χ3n) is 5.91. The van der Waals surface area contributed by atoms with Crippen LogP contribution in [-0.4, -0.2) is 48.6 Å². The molecule has 2 heterocycles. The zero-order valence-electron chi connectivity index (χ0n) is 17.9. The summed E-state index contributed by atoms with van der Waals surface area (Å²) in [5, 5.41) is 4.24. The van der Waals surface area contributed by atoms with Gasteiger partial charge < -0.3 is 19.7 Å². The van der Waals surface area contributed by atoms with Crippen molar-refractivity contribution in [2.24, 2.45) is 0 Å². The Hall–Kier alpha value is -2.28. The molecule has 0 saturated carbocycles. The van der Waals surface area contributed by atoms with Gasteiger partial charge in [0.2, 0.25) is 0 Å². The number of amides is 2. The summed E-state index contributed by atoms with van der Waals surface area (Å²) in [6, 6.07) is 12.5. The molecule has 0 aliphatic carbocycles. The number of halogens is 2. The van der Waals surface area contributed by atoms with Gasteiger partial charge in [0.25, 0.3) is 11.8 Å². The second-order valence-corrected chi connectivity index (χ2v) is 9.24. The summed E-state index contributed by atoms with van der Waals surface area (Å²) < 4.78 is 11.3. The third kappa shape index (κ3) is 5.55. The minimum atomic E-state index is -0.477. The fraction of sp³-hybridized carbons (Fsp3) is 0.417. The van der Waals surface area contributed by atoms with Crippen LogP contribution in [0.1, 0.15) is 36.8 Å². The molecule has 0 radical (unpaired) electrons. The Balaban J connectivity index is 1.23. The molecule has 1 fully saturated rings. The molecule has 1 saturated heterocycles. The lowest BCUT2D eigenvalue weighted by atomic mass is 9.90. The molecular weight excluding hydrogens is 451 g/mol. The van der Waals surface area contributed by atoms with Gasteiger partial charge in [-0.1, -0.05) is 36.2 Å². The number of carbonyl (C=O) groups is 2. The van der Waals surface area contributed by atoms with Gasteiger partial charge in [-0.25, -0.2) is 0 Å². The summed E-state index contributed by atoms with van der Waals surface area (Å²) >= 11 is 12.0. The number of hydrogen-bond donors (Lipinski definition) is 1. The van der Waals surface area contributed by atoms with E-state index in [2.05, 4.69) is 12.2 Å². The molecule has 170 valence electrons. The van der Waals surface area contributed by atoms with Crippen LogP contribution >= 0.6 is 23.2 Å². The van der Waals surface area contributed by atoms with Crippen LogP contribution in [0.15, 0.2) is 42.5 Å². The minimum Gasteiger partial charge on any atom is -0.484 e. The topological polar surface area (TPSA) is 67.9 Å². The quantitative estimate of drug-likeness (QED) is 0.702. The molecule has 0 spiro atoms. The van der Waals surface area contributed by atoms with Crippen LogP contribution in [-0.2, 0) is 20.9 Å². The van der Waals surface area contributed by atoms with E-state index in [1.807, 2.05) is 23.1 Å². The Morgan fingerprint density at radius 2 is 1.88 bits per heavy atom. The Bertz CT molecular complexity index is 974. The van der Waals surface area contributed by atoms with Crippen LogP contribution in [0.4, 0.5) is 0 Å². The second-order valence-electron chi connectivity index (χ2n) is 8.37. The largest absolute Gasteiger partial charge is 0.484 e. The van der Waals surface area contributed by atoms with E-state index >= 15 is 0 Å². The fourth-order valence-electron chi connectivity index (χ4n) is 4.25. The maximum atomic E-state index is 13.0. The van der Waals surface area contributed by atoms with Gasteiger partial charge in [-0.15, -0.1) is 0 Å². The zero-order valence-corrected chi connectivity index (χ0v) is 19.4. The number of fused-ring (bicyclic) bond motifs is 1. The van der Waals surface area contributed by atoms with Gasteiger partial charge >= 0.3 is 0 Å². The summed E-state index contributed by atoms with van der Waals surface area (Å²) in [6.45, 7) is 3.54. The first-order chi connectivity index (χ1) is 15.4. The van der Waals surface area contributed by atoms with Crippen LogP contribution in [0.3, 0.4) is 0 Å². The van der Waals surface area contributed by atoms with Crippen molar-refractivity contribution in [3.05, 3.63) is 63.6 Å². The first-order valence-corrected chi connectivity index (χ1v) is 11.5. The number of ether oxygens (including phenoxy) is 2. The zero-order chi connectivity index (χ0) is 22.7. The lowest BCUT2D eigenvalue weighted by Gasteiger charge is -2.37. The maximum Gasteiger partial charge on any atom is 0.258 e. The standard InChI is InChI=1S/C24H26Cl2N2O4/c1-15-11-28(12-16-2-3-18(26)10-21(15)16)24(30)22-9-6-19(13-32-22)27-23(29)14-31-20-7-4-17(25)5-8-20/h2-5,7-8,10,15,19,22H,6,9,11-14H2,1H3,(H,27,29)/t15-,19+,22-/m1/s1. The van der Waals surface area contributed by atoms with Crippen molar-refractivity contribution in [1.29, 1.82) is 0 Å². The average molecular weight is 477 g/mol. The molecule has 2 aliphatic rings. The molecule has 4 rings (SSSR count). The van der Waals surface area contributed by atoms with E-state index in [9.17, 15) is 9.59 Å². The molecule has 2 aliphatic heterocycles. The van der Waals surface area contributed by atoms with Crippen molar-refractivity contribution in [2.45, 2.75) is 44.4 Å². The van der Waals surface area contributed by atoms with Gasteiger partial charge in [0.15, 0.2) is 6.61 Å². The van der Waals surface area contributed by atoms with E-state index in [-0.39, 0.29) is 30.4 Å². The molecule has 32 heavy (non-hydrogen) atoms. The highest BCUT2D eigenvalue weighted by Crippen LogP contribution is 2.31.